The van der Waals surface area contributed by atoms with Crippen molar-refractivity contribution in [1.29, 1.82) is 0 Å². The number of anilines is 2. The van der Waals surface area contributed by atoms with E-state index in [1.165, 1.54) is 29.2 Å². The maximum atomic E-state index is 14.0. The number of hydrogen-bond donors (Lipinski definition) is 2. The summed E-state index contributed by atoms with van der Waals surface area (Å²) in [6.07, 6.45) is 0.711. The third-order valence-electron chi connectivity index (χ3n) is 10.1. The van der Waals surface area contributed by atoms with Gasteiger partial charge >= 0.3 is 10.8 Å². The number of esters is 1. The molecular formula is C36H30FN3O7S2. The number of aromatic amines is 1. The molecule has 2 saturated carbocycles. The Morgan fingerprint density at radius 2 is 1.67 bits per heavy atom. The molecule has 4 unspecified atom stereocenters. The highest BCUT2D eigenvalue weighted by Gasteiger charge is 2.69. The number of carbonyl (C=O) groups is 4. The van der Waals surface area contributed by atoms with Crippen molar-refractivity contribution in [2.24, 2.45) is 29.6 Å². The highest BCUT2D eigenvalue weighted by molar-refractivity contribution is 8.00. The molecule has 2 bridgehead atoms. The van der Waals surface area contributed by atoms with Crippen molar-refractivity contribution in [3.05, 3.63) is 104 Å². The standard InChI is InChI=1S/C36H30FN3O7S2/c1-2-46-35(44)17-7-11-19(12-8-17)38-25(41)16-47-24-6-4-3-5-21(24)26-27-22-15-23(30(27)48-32-31(26)49-36(45)39-32)29-28(22)33(42)40(34(29)43)20-13-9-18(37)10-14-20/h3-14,22-23,26-30H,2,15-16H2,1H3,(H,38,41)(H,39,45)/t22-,23-,26-,27?,28?,29?,30?/m1/s1. The zero-order valence-electron chi connectivity index (χ0n) is 26.1. The van der Waals surface area contributed by atoms with E-state index >= 15 is 0 Å². The number of halogens is 1. The molecular weight excluding hydrogens is 670 g/mol. The van der Waals surface area contributed by atoms with Crippen LogP contribution < -0.4 is 19.8 Å². The van der Waals surface area contributed by atoms with Gasteiger partial charge in [0.1, 0.15) is 11.6 Å². The van der Waals surface area contributed by atoms with Gasteiger partial charge in [-0.3, -0.25) is 24.1 Å². The number of para-hydroxylation sites is 1. The van der Waals surface area contributed by atoms with E-state index in [0.717, 1.165) is 26.8 Å². The van der Waals surface area contributed by atoms with E-state index in [1.807, 2.05) is 18.2 Å². The number of fused-ring (bicyclic) bond motifs is 9. The van der Waals surface area contributed by atoms with Crippen LogP contribution in [0.2, 0.25) is 0 Å². The van der Waals surface area contributed by atoms with E-state index in [-0.39, 0.29) is 58.8 Å². The SMILES string of the molecule is CCOC(=O)c1ccc(NC(=O)COc2ccccc2[C@H]2c3sc(=O)[nH]c3SC3C2[C@H]2C[C@@H]3C3C(=O)N(c4ccc(F)cc4)C(=O)C32)cc1. The second kappa shape index (κ2) is 12.3. The third-order valence-corrected chi connectivity index (χ3v) is 12.7. The van der Waals surface area contributed by atoms with Crippen molar-refractivity contribution in [1.82, 2.24) is 4.98 Å². The molecule has 1 aromatic heterocycles. The van der Waals surface area contributed by atoms with Gasteiger partial charge in [-0.1, -0.05) is 29.5 Å². The highest BCUT2D eigenvalue weighted by atomic mass is 32.2. The van der Waals surface area contributed by atoms with E-state index in [1.54, 1.807) is 49.0 Å². The Balaban J connectivity index is 1.06. The minimum absolute atomic E-state index is 0.0344. The van der Waals surface area contributed by atoms with Crippen molar-refractivity contribution in [3.63, 3.8) is 0 Å². The summed E-state index contributed by atoms with van der Waals surface area (Å²) in [6.45, 7) is 1.70. The van der Waals surface area contributed by atoms with Crippen LogP contribution in [-0.2, 0) is 19.1 Å². The largest absolute Gasteiger partial charge is 0.483 e. The summed E-state index contributed by atoms with van der Waals surface area (Å²) in [5.41, 5.74) is 2.04. The summed E-state index contributed by atoms with van der Waals surface area (Å²) in [5, 5.41) is 3.51. The number of amides is 3. The average Bonchev–Trinajstić information content (AvgIpc) is 3.84. The van der Waals surface area contributed by atoms with Crippen LogP contribution in [0.15, 0.2) is 82.6 Å². The second-order valence-corrected chi connectivity index (χ2v) is 14.8. The lowest BCUT2D eigenvalue weighted by Gasteiger charge is -2.43. The molecule has 4 aromatic rings. The number of nitrogens with zero attached hydrogens (tertiary/aromatic N) is 1. The molecule has 13 heteroatoms. The van der Waals surface area contributed by atoms with Crippen LogP contribution in [0.5, 0.6) is 5.75 Å². The number of thiazole rings is 1. The molecule has 4 aliphatic rings. The Morgan fingerprint density at radius 1 is 0.959 bits per heavy atom. The molecule has 0 radical (unpaired) electrons. The molecule has 10 nitrogen and oxygen atoms in total. The van der Waals surface area contributed by atoms with Crippen LogP contribution in [0.25, 0.3) is 0 Å². The topological polar surface area (TPSA) is 135 Å². The van der Waals surface area contributed by atoms with Crippen molar-refractivity contribution < 1.29 is 33.0 Å². The Bertz CT molecular complexity index is 2050. The van der Waals surface area contributed by atoms with Gasteiger partial charge in [-0.25, -0.2) is 9.18 Å². The first-order chi connectivity index (χ1) is 23.7. The lowest BCUT2D eigenvalue weighted by atomic mass is 9.68. The second-order valence-electron chi connectivity index (χ2n) is 12.6. The number of thioether (sulfide) groups is 1. The summed E-state index contributed by atoms with van der Waals surface area (Å²) in [5.74, 6) is -2.91. The maximum Gasteiger partial charge on any atom is 0.338 e. The first kappa shape index (κ1) is 31.5. The molecule has 7 atom stereocenters. The predicted molar refractivity (Wildman–Crippen MR) is 180 cm³/mol. The molecule has 2 aliphatic heterocycles. The van der Waals surface area contributed by atoms with E-state index < -0.39 is 29.5 Å². The summed E-state index contributed by atoms with van der Waals surface area (Å²) in [7, 11) is 0. The zero-order chi connectivity index (χ0) is 34.0. The smallest absolute Gasteiger partial charge is 0.338 e. The molecule has 250 valence electrons. The Kier molecular flexibility index (Phi) is 7.91. The number of rotatable bonds is 8. The van der Waals surface area contributed by atoms with Crippen molar-refractivity contribution in [3.8, 4) is 5.75 Å². The fourth-order valence-corrected chi connectivity index (χ4v) is 11.2. The fourth-order valence-electron chi connectivity index (χ4n) is 8.32. The molecule has 2 N–H and O–H groups in total. The van der Waals surface area contributed by atoms with Crippen LogP contribution >= 0.6 is 23.1 Å². The van der Waals surface area contributed by atoms with Crippen LogP contribution in [0.4, 0.5) is 15.8 Å². The van der Waals surface area contributed by atoms with E-state index in [0.29, 0.717) is 29.1 Å². The van der Waals surface area contributed by atoms with E-state index in [4.69, 9.17) is 9.47 Å². The van der Waals surface area contributed by atoms with Gasteiger partial charge in [0.25, 0.3) is 5.91 Å². The maximum absolute atomic E-state index is 14.0. The molecule has 2 aliphatic carbocycles. The van der Waals surface area contributed by atoms with Crippen molar-refractivity contribution >= 4 is 58.2 Å². The van der Waals surface area contributed by atoms with Crippen molar-refractivity contribution in [2.75, 3.05) is 23.4 Å². The molecule has 0 spiro atoms. The molecule has 49 heavy (non-hydrogen) atoms. The van der Waals surface area contributed by atoms with Gasteiger partial charge in [0.05, 0.1) is 34.7 Å². The summed E-state index contributed by atoms with van der Waals surface area (Å²) in [4.78, 5) is 70.3. The van der Waals surface area contributed by atoms with Gasteiger partial charge in [0, 0.05) is 27.3 Å². The fraction of sp³-hybridized carbons (Fsp3) is 0.306. The summed E-state index contributed by atoms with van der Waals surface area (Å²) < 4.78 is 24.8. The quantitative estimate of drug-likeness (QED) is 0.183. The van der Waals surface area contributed by atoms with Crippen LogP contribution in [-0.4, -0.2) is 47.1 Å². The number of carbonyl (C=O) groups excluding carboxylic acids is 4. The first-order valence-corrected chi connectivity index (χ1v) is 17.7. The van der Waals surface area contributed by atoms with Crippen LogP contribution in [0.3, 0.4) is 0 Å². The van der Waals surface area contributed by atoms with Gasteiger partial charge in [-0.15, -0.1) is 11.8 Å². The molecule has 3 heterocycles. The van der Waals surface area contributed by atoms with Crippen LogP contribution in [0.1, 0.15) is 40.1 Å². The monoisotopic (exact) mass is 699 g/mol. The first-order valence-electron chi connectivity index (χ1n) is 16.0. The zero-order valence-corrected chi connectivity index (χ0v) is 27.7. The van der Waals surface area contributed by atoms with Gasteiger partial charge < -0.3 is 19.8 Å². The number of ether oxygens (including phenoxy) is 2. The third kappa shape index (κ3) is 5.26. The number of hydrogen-bond acceptors (Lipinski definition) is 9. The summed E-state index contributed by atoms with van der Waals surface area (Å²) in [6, 6.07) is 19.2. The molecule has 8 rings (SSSR count). The molecule has 1 saturated heterocycles. The van der Waals surface area contributed by atoms with E-state index in [9.17, 15) is 28.4 Å². The predicted octanol–water partition coefficient (Wildman–Crippen LogP) is 5.45. The number of nitrogens with one attached hydrogen (secondary N) is 2. The lowest BCUT2D eigenvalue weighted by Crippen LogP contribution is -2.42. The Morgan fingerprint density at radius 3 is 2.41 bits per heavy atom. The number of aromatic nitrogens is 1. The van der Waals surface area contributed by atoms with Gasteiger partial charge in [-0.2, -0.15) is 0 Å². The average molecular weight is 700 g/mol. The molecule has 3 fully saturated rings. The van der Waals surface area contributed by atoms with Crippen LogP contribution in [0, 0.1) is 35.4 Å². The van der Waals surface area contributed by atoms with Crippen molar-refractivity contribution in [2.45, 2.75) is 29.5 Å². The van der Waals surface area contributed by atoms with E-state index in [2.05, 4.69) is 10.3 Å². The molecule has 3 aromatic carbocycles. The molecule has 3 amide bonds. The Labute approximate surface area is 288 Å². The highest BCUT2D eigenvalue weighted by Crippen LogP contribution is 2.69. The number of benzene rings is 3. The number of H-pyrrole nitrogens is 1. The Hall–Kier alpha value is -4.75. The normalized spacial score (nSPS) is 26.2. The minimum atomic E-state index is -0.516. The number of imide groups is 1. The van der Waals surface area contributed by atoms with Gasteiger partial charge in [0.15, 0.2) is 6.61 Å². The van der Waals surface area contributed by atoms with Gasteiger partial charge in [0.2, 0.25) is 11.8 Å². The van der Waals surface area contributed by atoms with Gasteiger partial charge in [-0.05, 0) is 85.7 Å². The lowest BCUT2D eigenvalue weighted by molar-refractivity contribution is -0.123. The summed E-state index contributed by atoms with van der Waals surface area (Å²) >= 11 is 2.72. The minimum Gasteiger partial charge on any atom is -0.483 e.